The van der Waals surface area contributed by atoms with Crippen molar-refractivity contribution < 1.29 is 4.79 Å². The molecule has 150 valence electrons. The van der Waals surface area contributed by atoms with Crippen LogP contribution in [0.2, 0.25) is 0 Å². The Morgan fingerprint density at radius 2 is 2.00 bits per heavy atom. The van der Waals surface area contributed by atoms with Gasteiger partial charge in [0.05, 0.1) is 16.9 Å². The zero-order valence-electron chi connectivity index (χ0n) is 16.6. The number of H-pyrrole nitrogens is 1. The molecule has 0 saturated carbocycles. The fraction of sp³-hybridized carbons (Fsp3) is 0.217. The minimum atomic E-state index is -0.157. The first-order chi connectivity index (χ1) is 14.6. The number of fused-ring (bicyclic) bond motifs is 2. The molecule has 7 heteroatoms. The first kappa shape index (κ1) is 18.3. The summed E-state index contributed by atoms with van der Waals surface area (Å²) in [4.78, 5) is 36.8. The molecule has 0 fully saturated rings. The van der Waals surface area contributed by atoms with E-state index in [-0.39, 0.29) is 17.4 Å². The second kappa shape index (κ2) is 7.26. The summed E-state index contributed by atoms with van der Waals surface area (Å²) in [6.07, 6.45) is 6.23. The normalized spacial score (nSPS) is 18.0. The third-order valence-corrected chi connectivity index (χ3v) is 5.54. The van der Waals surface area contributed by atoms with Crippen LogP contribution in [0.1, 0.15) is 35.0 Å². The van der Waals surface area contributed by atoms with E-state index >= 15 is 0 Å². The summed E-state index contributed by atoms with van der Waals surface area (Å²) in [6.45, 7) is 2.46. The summed E-state index contributed by atoms with van der Waals surface area (Å²) in [5.74, 6) is 0.673. The molecule has 7 nitrogen and oxygen atoms in total. The van der Waals surface area contributed by atoms with Crippen molar-refractivity contribution in [2.24, 2.45) is 10.9 Å². The van der Waals surface area contributed by atoms with Crippen LogP contribution in [-0.4, -0.2) is 38.3 Å². The number of pyridine rings is 1. The van der Waals surface area contributed by atoms with E-state index in [2.05, 4.69) is 22.0 Å². The van der Waals surface area contributed by atoms with Crippen LogP contribution in [0, 0.1) is 5.92 Å². The van der Waals surface area contributed by atoms with Crippen LogP contribution in [0.3, 0.4) is 0 Å². The first-order valence-corrected chi connectivity index (χ1v) is 10.0. The Morgan fingerprint density at radius 1 is 1.17 bits per heavy atom. The summed E-state index contributed by atoms with van der Waals surface area (Å²) in [7, 11) is 0. The number of allylic oxidation sites excluding steroid dienone is 1. The second-order valence-corrected chi connectivity index (χ2v) is 7.65. The maximum Gasteiger partial charge on any atom is 0.275 e. The maximum absolute atomic E-state index is 13.2. The number of nitrogens with zero attached hydrogens (tertiary/aromatic N) is 4. The van der Waals surface area contributed by atoms with E-state index in [0.29, 0.717) is 36.3 Å². The molecule has 2 aromatic heterocycles. The van der Waals surface area contributed by atoms with Crippen molar-refractivity contribution >= 4 is 17.7 Å². The minimum absolute atomic E-state index is 0.0825. The van der Waals surface area contributed by atoms with E-state index in [1.807, 2.05) is 36.5 Å². The van der Waals surface area contributed by atoms with Crippen molar-refractivity contribution in [3.05, 3.63) is 87.9 Å². The van der Waals surface area contributed by atoms with Crippen molar-refractivity contribution in [3.63, 3.8) is 0 Å². The van der Waals surface area contributed by atoms with Crippen molar-refractivity contribution in [1.82, 2.24) is 19.7 Å². The largest absolute Gasteiger partial charge is 0.292 e. The van der Waals surface area contributed by atoms with Crippen LogP contribution in [-0.2, 0) is 6.42 Å². The molecule has 1 atom stereocenters. The molecule has 1 amide bonds. The van der Waals surface area contributed by atoms with Crippen molar-refractivity contribution in [1.29, 1.82) is 0 Å². The molecule has 2 aliphatic heterocycles. The van der Waals surface area contributed by atoms with Crippen molar-refractivity contribution in [3.8, 4) is 5.69 Å². The van der Waals surface area contributed by atoms with Gasteiger partial charge in [0.15, 0.2) is 0 Å². The van der Waals surface area contributed by atoms with Crippen LogP contribution < -0.4 is 5.56 Å². The number of benzene rings is 1. The summed E-state index contributed by atoms with van der Waals surface area (Å²) >= 11 is 0. The molecule has 1 N–H and O–H groups in total. The molecule has 4 heterocycles. The second-order valence-electron chi connectivity index (χ2n) is 7.65. The Bertz CT molecular complexity index is 1220. The standard InChI is InChI=1S/C23H21N5O2/c1-15-12-19-20-18(23(30)28(26-20)17-7-3-2-4-8-17)9-11-27(21(19)25-13-15)22(29)16-6-5-10-24-14-16/h2-8,10,13-15,26H,9,11-12H2,1H3. The van der Waals surface area contributed by atoms with Gasteiger partial charge in [-0.25, -0.2) is 9.67 Å². The Balaban J connectivity index is 1.65. The summed E-state index contributed by atoms with van der Waals surface area (Å²) in [5.41, 5.74) is 3.59. The van der Waals surface area contributed by atoms with Crippen LogP contribution in [0.5, 0.6) is 0 Å². The molecule has 1 unspecified atom stereocenters. The number of aliphatic imine (C=N–C) groups is 1. The van der Waals surface area contributed by atoms with Gasteiger partial charge in [0, 0.05) is 36.3 Å². The zero-order valence-corrected chi connectivity index (χ0v) is 16.6. The molecule has 0 bridgehead atoms. The number of hydrogen-bond donors (Lipinski definition) is 1. The van der Waals surface area contributed by atoms with E-state index < -0.39 is 0 Å². The lowest BCUT2D eigenvalue weighted by molar-refractivity contribution is 0.0806. The number of carbonyl (C=O) groups is 1. The van der Waals surface area contributed by atoms with Gasteiger partial charge in [0.25, 0.3) is 11.5 Å². The highest BCUT2D eigenvalue weighted by atomic mass is 16.2. The van der Waals surface area contributed by atoms with Gasteiger partial charge in [-0.2, -0.15) is 0 Å². The molecular formula is C23H21N5O2. The monoisotopic (exact) mass is 399 g/mol. The van der Waals surface area contributed by atoms with Gasteiger partial charge >= 0.3 is 0 Å². The van der Waals surface area contributed by atoms with E-state index in [0.717, 1.165) is 17.0 Å². The van der Waals surface area contributed by atoms with Crippen LogP contribution in [0.25, 0.3) is 11.3 Å². The average molecular weight is 399 g/mol. The van der Waals surface area contributed by atoms with Gasteiger partial charge in [-0.1, -0.05) is 25.1 Å². The highest BCUT2D eigenvalue weighted by molar-refractivity contribution is 5.97. The predicted molar refractivity (Wildman–Crippen MR) is 115 cm³/mol. The van der Waals surface area contributed by atoms with Gasteiger partial charge in [-0.05, 0) is 43.0 Å². The predicted octanol–water partition coefficient (Wildman–Crippen LogP) is 3.04. The first-order valence-electron chi connectivity index (χ1n) is 10.0. The van der Waals surface area contributed by atoms with Crippen LogP contribution in [0.15, 0.2) is 70.5 Å². The molecule has 0 radical (unpaired) electrons. The van der Waals surface area contributed by atoms with Gasteiger partial charge < -0.3 is 0 Å². The highest BCUT2D eigenvalue weighted by Gasteiger charge is 2.32. The van der Waals surface area contributed by atoms with Gasteiger partial charge in [-0.3, -0.25) is 24.6 Å². The summed E-state index contributed by atoms with van der Waals surface area (Å²) < 4.78 is 1.58. The lowest BCUT2D eigenvalue weighted by Crippen LogP contribution is -2.33. The lowest BCUT2D eigenvalue weighted by Gasteiger charge is -2.26. The number of amides is 1. The SMILES string of the molecule is CC1C=NC2=C(C1)c1[nH]n(-c3ccccc3)c(=O)c1CCN2C(=O)c1cccnc1. The average Bonchev–Trinajstić information content (AvgIpc) is 3.02. The molecule has 30 heavy (non-hydrogen) atoms. The quantitative estimate of drug-likeness (QED) is 0.719. The number of aromatic amines is 1. The molecule has 1 aromatic carbocycles. The Kier molecular flexibility index (Phi) is 4.43. The van der Waals surface area contributed by atoms with Gasteiger partial charge in [-0.15, -0.1) is 0 Å². The van der Waals surface area contributed by atoms with E-state index in [1.54, 1.807) is 34.1 Å². The lowest BCUT2D eigenvalue weighted by atomic mass is 9.95. The number of para-hydroxylation sites is 1. The number of rotatable bonds is 2. The molecular weight excluding hydrogens is 378 g/mol. The Hall–Kier alpha value is -3.74. The summed E-state index contributed by atoms with van der Waals surface area (Å²) in [5, 5.41) is 3.30. The molecule has 0 aliphatic carbocycles. The fourth-order valence-corrected chi connectivity index (χ4v) is 4.07. The van der Waals surface area contributed by atoms with Crippen LogP contribution in [0.4, 0.5) is 0 Å². The van der Waals surface area contributed by atoms with Crippen molar-refractivity contribution in [2.45, 2.75) is 19.8 Å². The highest BCUT2D eigenvalue weighted by Crippen LogP contribution is 2.35. The molecule has 2 aliphatic rings. The van der Waals surface area contributed by atoms with E-state index in [9.17, 15) is 9.59 Å². The third-order valence-electron chi connectivity index (χ3n) is 5.54. The topological polar surface area (TPSA) is 83.4 Å². The number of nitrogens with one attached hydrogen (secondary N) is 1. The third kappa shape index (κ3) is 2.99. The Morgan fingerprint density at radius 3 is 2.77 bits per heavy atom. The van der Waals surface area contributed by atoms with E-state index in [1.165, 1.54) is 0 Å². The smallest absolute Gasteiger partial charge is 0.275 e. The van der Waals surface area contributed by atoms with Crippen LogP contribution >= 0.6 is 0 Å². The summed E-state index contributed by atoms with van der Waals surface area (Å²) in [6, 6.07) is 13.0. The molecule has 5 rings (SSSR count). The molecule has 0 saturated heterocycles. The molecule has 3 aromatic rings. The number of aromatic nitrogens is 3. The van der Waals surface area contributed by atoms with Gasteiger partial charge in [0.1, 0.15) is 5.82 Å². The van der Waals surface area contributed by atoms with Gasteiger partial charge in [0.2, 0.25) is 0 Å². The van der Waals surface area contributed by atoms with Crippen molar-refractivity contribution in [2.75, 3.05) is 6.54 Å². The molecule has 0 spiro atoms. The fourth-order valence-electron chi connectivity index (χ4n) is 4.07. The van der Waals surface area contributed by atoms with E-state index in [4.69, 9.17) is 0 Å². The maximum atomic E-state index is 13.2. The zero-order chi connectivity index (χ0) is 20.7. The number of carbonyl (C=O) groups excluding carboxylic acids is 1. The number of hydrogen-bond acceptors (Lipinski definition) is 4. The Labute approximate surface area is 173 Å². The minimum Gasteiger partial charge on any atom is -0.292 e.